The Morgan fingerprint density at radius 3 is 2.05 bits per heavy atom. The fourth-order valence-electron chi connectivity index (χ4n) is 1.46. The standard InChI is InChI=1S/C13H15N3O4/c17-12(14-7-10-3-1-5-19-10)9-16-13(18)15-8-11-4-2-6-20-11/h1-6H,7-9H2,(H,14,17)(H2,15,16,18). The highest BCUT2D eigenvalue weighted by Crippen LogP contribution is 1.98. The molecule has 0 saturated carbocycles. The summed E-state index contributed by atoms with van der Waals surface area (Å²) < 4.78 is 10.1. The van der Waals surface area contributed by atoms with Crippen LogP contribution >= 0.6 is 0 Å². The summed E-state index contributed by atoms with van der Waals surface area (Å²) in [6.07, 6.45) is 3.05. The maximum Gasteiger partial charge on any atom is 0.315 e. The third-order valence-electron chi connectivity index (χ3n) is 2.45. The third-order valence-corrected chi connectivity index (χ3v) is 2.45. The molecule has 0 unspecified atom stereocenters. The van der Waals surface area contributed by atoms with Gasteiger partial charge in [0.15, 0.2) is 0 Å². The minimum absolute atomic E-state index is 0.106. The normalized spacial score (nSPS) is 10.0. The molecule has 7 heteroatoms. The summed E-state index contributed by atoms with van der Waals surface area (Å²) in [7, 11) is 0. The van der Waals surface area contributed by atoms with Gasteiger partial charge in [0.25, 0.3) is 0 Å². The Morgan fingerprint density at radius 2 is 1.50 bits per heavy atom. The van der Waals surface area contributed by atoms with Gasteiger partial charge in [-0.05, 0) is 24.3 Å². The quantitative estimate of drug-likeness (QED) is 0.733. The summed E-state index contributed by atoms with van der Waals surface area (Å²) in [6, 6.07) is 6.54. The SMILES string of the molecule is O=C(CNC(=O)NCc1ccco1)NCc1ccco1. The van der Waals surface area contributed by atoms with Crippen LogP contribution in [0, 0.1) is 0 Å². The lowest BCUT2D eigenvalue weighted by Gasteiger charge is -2.06. The van der Waals surface area contributed by atoms with Crippen LogP contribution in [0.5, 0.6) is 0 Å². The Morgan fingerprint density at radius 1 is 0.900 bits per heavy atom. The summed E-state index contributed by atoms with van der Waals surface area (Å²) in [5.41, 5.74) is 0. The van der Waals surface area contributed by atoms with Crippen LogP contribution in [0.15, 0.2) is 45.6 Å². The molecule has 0 atom stereocenters. The van der Waals surface area contributed by atoms with E-state index in [-0.39, 0.29) is 19.0 Å². The van der Waals surface area contributed by atoms with Crippen molar-refractivity contribution in [3.63, 3.8) is 0 Å². The first-order valence-electron chi connectivity index (χ1n) is 6.07. The summed E-state index contributed by atoms with van der Waals surface area (Å²) in [5, 5.41) is 7.62. The molecular formula is C13H15N3O4. The first-order valence-corrected chi connectivity index (χ1v) is 6.07. The van der Waals surface area contributed by atoms with Crippen LogP contribution < -0.4 is 16.0 Å². The minimum Gasteiger partial charge on any atom is -0.467 e. The van der Waals surface area contributed by atoms with Crippen molar-refractivity contribution in [2.45, 2.75) is 13.1 Å². The highest BCUT2D eigenvalue weighted by molar-refractivity contribution is 5.83. The summed E-state index contributed by atoms with van der Waals surface area (Å²) >= 11 is 0. The molecule has 0 fully saturated rings. The first-order chi connectivity index (χ1) is 9.74. The van der Waals surface area contributed by atoms with Crippen LogP contribution in [0.2, 0.25) is 0 Å². The molecule has 0 radical (unpaired) electrons. The number of amides is 3. The van der Waals surface area contributed by atoms with Crippen LogP contribution in [0.1, 0.15) is 11.5 Å². The molecule has 7 nitrogen and oxygen atoms in total. The molecule has 2 heterocycles. The molecule has 0 aromatic carbocycles. The van der Waals surface area contributed by atoms with Crippen molar-refractivity contribution in [2.75, 3.05) is 6.54 Å². The molecule has 2 aromatic heterocycles. The molecule has 3 amide bonds. The highest BCUT2D eigenvalue weighted by atomic mass is 16.3. The van der Waals surface area contributed by atoms with E-state index in [0.29, 0.717) is 18.1 Å². The highest BCUT2D eigenvalue weighted by Gasteiger charge is 2.06. The van der Waals surface area contributed by atoms with Gasteiger partial charge >= 0.3 is 6.03 Å². The molecule has 0 spiro atoms. The van der Waals surface area contributed by atoms with Crippen LogP contribution in [0.3, 0.4) is 0 Å². The second-order valence-electron chi connectivity index (χ2n) is 3.97. The average molecular weight is 277 g/mol. The average Bonchev–Trinajstić information content (AvgIpc) is 3.13. The Balaban J connectivity index is 1.59. The van der Waals surface area contributed by atoms with Crippen LogP contribution in [-0.4, -0.2) is 18.5 Å². The zero-order valence-corrected chi connectivity index (χ0v) is 10.7. The Kier molecular flexibility index (Phi) is 4.82. The third kappa shape index (κ3) is 4.52. The lowest BCUT2D eigenvalue weighted by Crippen LogP contribution is -2.41. The van der Waals surface area contributed by atoms with Crippen LogP contribution in [0.25, 0.3) is 0 Å². The number of rotatable bonds is 6. The first kappa shape index (κ1) is 13.7. The van der Waals surface area contributed by atoms with E-state index < -0.39 is 6.03 Å². The van der Waals surface area contributed by atoms with Crippen LogP contribution in [0.4, 0.5) is 4.79 Å². The van der Waals surface area contributed by atoms with Gasteiger partial charge in [-0.15, -0.1) is 0 Å². The number of hydrogen-bond donors (Lipinski definition) is 3. The molecule has 0 aliphatic carbocycles. The van der Waals surface area contributed by atoms with Crippen molar-refractivity contribution in [2.24, 2.45) is 0 Å². The largest absolute Gasteiger partial charge is 0.467 e. The van der Waals surface area contributed by atoms with E-state index in [4.69, 9.17) is 8.83 Å². The van der Waals surface area contributed by atoms with Crippen molar-refractivity contribution in [3.05, 3.63) is 48.3 Å². The van der Waals surface area contributed by atoms with Crippen molar-refractivity contribution in [3.8, 4) is 0 Å². The fourth-order valence-corrected chi connectivity index (χ4v) is 1.46. The lowest BCUT2D eigenvalue weighted by molar-refractivity contribution is -0.120. The number of carbonyl (C=O) groups excluding carboxylic acids is 2. The summed E-state index contributed by atoms with van der Waals surface area (Å²) in [5.74, 6) is 0.998. The number of furan rings is 2. The second-order valence-corrected chi connectivity index (χ2v) is 3.97. The van der Waals surface area contributed by atoms with Crippen molar-refractivity contribution >= 4 is 11.9 Å². The molecule has 2 aromatic rings. The van der Waals surface area contributed by atoms with Gasteiger partial charge < -0.3 is 24.8 Å². The number of carbonyl (C=O) groups is 2. The van der Waals surface area contributed by atoms with Gasteiger partial charge in [-0.25, -0.2) is 4.79 Å². The maximum absolute atomic E-state index is 11.5. The number of urea groups is 1. The van der Waals surface area contributed by atoms with Crippen LogP contribution in [-0.2, 0) is 17.9 Å². The molecule has 0 saturated heterocycles. The predicted molar refractivity (Wildman–Crippen MR) is 69.5 cm³/mol. The zero-order valence-electron chi connectivity index (χ0n) is 10.7. The molecule has 20 heavy (non-hydrogen) atoms. The molecule has 0 bridgehead atoms. The Labute approximate surface area is 115 Å². The predicted octanol–water partition coefficient (Wildman–Crippen LogP) is 0.988. The summed E-state index contributed by atoms with van der Waals surface area (Å²) in [6.45, 7) is 0.457. The van der Waals surface area contributed by atoms with Gasteiger partial charge in [0, 0.05) is 0 Å². The molecule has 0 aliphatic rings. The van der Waals surface area contributed by atoms with Gasteiger partial charge in [-0.3, -0.25) is 4.79 Å². The number of nitrogens with one attached hydrogen (secondary N) is 3. The zero-order chi connectivity index (χ0) is 14.2. The van der Waals surface area contributed by atoms with Gasteiger partial charge in [-0.2, -0.15) is 0 Å². The van der Waals surface area contributed by atoms with E-state index in [1.54, 1.807) is 24.3 Å². The van der Waals surface area contributed by atoms with Crippen molar-refractivity contribution in [1.29, 1.82) is 0 Å². The van der Waals surface area contributed by atoms with Gasteiger partial charge in [0.05, 0.1) is 32.2 Å². The van der Waals surface area contributed by atoms with E-state index in [9.17, 15) is 9.59 Å². The molecular weight excluding hydrogens is 262 g/mol. The van der Waals surface area contributed by atoms with Gasteiger partial charge in [0.1, 0.15) is 11.5 Å². The monoisotopic (exact) mass is 277 g/mol. The molecule has 106 valence electrons. The maximum atomic E-state index is 11.5. The molecule has 3 N–H and O–H groups in total. The summed E-state index contributed by atoms with van der Waals surface area (Å²) in [4.78, 5) is 22.9. The molecule has 0 aliphatic heterocycles. The molecule has 2 rings (SSSR count). The topological polar surface area (TPSA) is 96.5 Å². The van der Waals surface area contributed by atoms with Gasteiger partial charge in [0.2, 0.25) is 5.91 Å². The van der Waals surface area contributed by atoms with E-state index in [1.807, 2.05) is 0 Å². The van der Waals surface area contributed by atoms with Crippen molar-refractivity contribution < 1.29 is 18.4 Å². The fraction of sp³-hybridized carbons (Fsp3) is 0.231. The number of hydrogen-bond acceptors (Lipinski definition) is 4. The van der Waals surface area contributed by atoms with Crippen molar-refractivity contribution in [1.82, 2.24) is 16.0 Å². The Hall–Kier alpha value is -2.70. The van der Waals surface area contributed by atoms with E-state index in [2.05, 4.69) is 16.0 Å². The second kappa shape index (κ2) is 7.03. The minimum atomic E-state index is -0.436. The van der Waals surface area contributed by atoms with E-state index >= 15 is 0 Å². The van der Waals surface area contributed by atoms with E-state index in [0.717, 1.165) is 0 Å². The van der Waals surface area contributed by atoms with Gasteiger partial charge in [-0.1, -0.05) is 0 Å². The Bertz CT molecular complexity index is 484. The lowest BCUT2D eigenvalue weighted by atomic mass is 10.4. The van der Waals surface area contributed by atoms with E-state index in [1.165, 1.54) is 12.5 Å². The smallest absolute Gasteiger partial charge is 0.315 e.